The molecule has 202 valence electrons. The summed E-state index contributed by atoms with van der Waals surface area (Å²) in [6, 6.07) is 55.4. The van der Waals surface area contributed by atoms with Gasteiger partial charge in [-0.15, -0.1) is 0 Å². The van der Waals surface area contributed by atoms with Crippen LogP contribution in [0.1, 0.15) is 0 Å². The van der Waals surface area contributed by atoms with Gasteiger partial charge in [-0.05, 0) is 77.1 Å². The first-order chi connectivity index (χ1) is 21.8. The molecular weight excluding hydrogens is 530 g/mol. The first-order valence-corrected chi connectivity index (χ1v) is 15.2. The summed E-state index contributed by atoms with van der Waals surface area (Å²) in [6.07, 6.45) is 0. The maximum absolute atomic E-state index is 5.30. The lowest BCUT2D eigenvalue weighted by atomic mass is 9.87. The third-order valence-corrected chi connectivity index (χ3v) is 9.55. The molecule has 9 aromatic carbocycles. The molecule has 0 unspecified atom stereocenters. The number of fused-ring (bicyclic) bond motifs is 8. The molecule has 10 aromatic rings. The molecule has 1 heteroatoms. The van der Waals surface area contributed by atoms with Gasteiger partial charge < -0.3 is 0 Å². The lowest BCUT2D eigenvalue weighted by Gasteiger charge is -2.18. The Morgan fingerprint density at radius 3 is 1.80 bits per heavy atom. The van der Waals surface area contributed by atoms with E-state index in [0.717, 1.165) is 16.8 Å². The Hall–Kier alpha value is -5.79. The van der Waals surface area contributed by atoms with Crippen LogP contribution < -0.4 is 0 Å². The minimum absolute atomic E-state index is 1.02. The third kappa shape index (κ3) is 3.21. The number of hydrogen-bond donors (Lipinski definition) is 0. The predicted octanol–water partition coefficient (Wildman–Crippen LogP) is 11.9. The molecule has 0 fully saturated rings. The van der Waals surface area contributed by atoms with Crippen LogP contribution >= 0.6 is 0 Å². The highest BCUT2D eigenvalue weighted by Crippen LogP contribution is 2.45. The monoisotopic (exact) mass is 555 g/mol. The van der Waals surface area contributed by atoms with Gasteiger partial charge in [-0.1, -0.05) is 140 Å². The molecule has 0 aliphatic heterocycles. The quantitative estimate of drug-likeness (QED) is 0.193. The van der Waals surface area contributed by atoms with Gasteiger partial charge in [0.05, 0.1) is 11.2 Å². The zero-order chi connectivity index (χ0) is 28.8. The standard InChI is InChI=1S/C43H25N/c1-2-9-29(10-3-1)43-42-35-24-21-30(31-22-19-28-18-17-26-11-8-12-27-20-23-34(31)40(28)39(26)27)25-37(35)32-13-4-5-14-33(32)41(42)36-15-6-7-16-38(36)44-43/h1-25H. The molecule has 0 spiro atoms. The molecule has 1 heterocycles. The maximum Gasteiger partial charge on any atom is 0.0794 e. The van der Waals surface area contributed by atoms with E-state index < -0.39 is 0 Å². The van der Waals surface area contributed by atoms with Gasteiger partial charge in [-0.25, -0.2) is 4.98 Å². The molecule has 0 aliphatic carbocycles. The number of rotatable bonds is 2. The maximum atomic E-state index is 5.30. The highest BCUT2D eigenvalue weighted by atomic mass is 14.7. The average Bonchev–Trinajstić information content (AvgIpc) is 3.10. The van der Waals surface area contributed by atoms with Gasteiger partial charge in [0.15, 0.2) is 0 Å². The fraction of sp³-hybridized carbons (Fsp3) is 0. The number of hydrogen-bond acceptors (Lipinski definition) is 1. The summed E-state index contributed by atoms with van der Waals surface area (Å²) in [4.78, 5) is 5.30. The second-order valence-corrected chi connectivity index (χ2v) is 11.9. The zero-order valence-electron chi connectivity index (χ0n) is 23.9. The number of nitrogens with zero attached hydrogens (tertiary/aromatic N) is 1. The Kier molecular flexibility index (Phi) is 4.78. The van der Waals surface area contributed by atoms with E-state index in [2.05, 4.69) is 152 Å². The van der Waals surface area contributed by atoms with E-state index >= 15 is 0 Å². The van der Waals surface area contributed by atoms with Crippen LogP contribution in [0.15, 0.2) is 152 Å². The molecule has 0 radical (unpaired) electrons. The highest BCUT2D eigenvalue weighted by Gasteiger charge is 2.19. The molecule has 1 nitrogen and oxygen atoms in total. The van der Waals surface area contributed by atoms with Crippen molar-refractivity contribution < 1.29 is 0 Å². The molecule has 0 N–H and O–H groups in total. The number of para-hydroxylation sites is 1. The van der Waals surface area contributed by atoms with Gasteiger partial charge in [0.25, 0.3) is 0 Å². The van der Waals surface area contributed by atoms with Crippen molar-refractivity contribution in [2.45, 2.75) is 0 Å². The Morgan fingerprint density at radius 2 is 0.955 bits per heavy atom. The Bertz CT molecular complexity index is 2740. The van der Waals surface area contributed by atoms with E-state index in [1.165, 1.54) is 81.1 Å². The van der Waals surface area contributed by atoms with Gasteiger partial charge in [-0.3, -0.25) is 0 Å². The molecule has 0 amide bonds. The van der Waals surface area contributed by atoms with Crippen LogP contribution in [0.3, 0.4) is 0 Å². The van der Waals surface area contributed by atoms with Crippen molar-refractivity contribution in [1.29, 1.82) is 0 Å². The zero-order valence-corrected chi connectivity index (χ0v) is 23.9. The largest absolute Gasteiger partial charge is 0.247 e. The normalized spacial score (nSPS) is 12.1. The van der Waals surface area contributed by atoms with Crippen LogP contribution in [-0.2, 0) is 0 Å². The van der Waals surface area contributed by atoms with Crippen LogP contribution in [0.25, 0.3) is 97.9 Å². The van der Waals surface area contributed by atoms with Crippen molar-refractivity contribution in [3.63, 3.8) is 0 Å². The molecule has 0 atom stereocenters. The highest BCUT2D eigenvalue weighted by molar-refractivity contribution is 6.34. The van der Waals surface area contributed by atoms with E-state index in [4.69, 9.17) is 4.98 Å². The molecule has 10 rings (SSSR count). The van der Waals surface area contributed by atoms with E-state index in [1.54, 1.807) is 0 Å². The van der Waals surface area contributed by atoms with Crippen LogP contribution in [0.2, 0.25) is 0 Å². The summed E-state index contributed by atoms with van der Waals surface area (Å²) in [5, 5.41) is 16.6. The molecular formula is C43H25N. The second kappa shape index (κ2) is 8.86. The molecule has 44 heavy (non-hydrogen) atoms. The lowest BCUT2D eigenvalue weighted by Crippen LogP contribution is -1.93. The minimum atomic E-state index is 1.02. The lowest BCUT2D eigenvalue weighted by molar-refractivity contribution is 1.43. The van der Waals surface area contributed by atoms with E-state index in [-0.39, 0.29) is 0 Å². The van der Waals surface area contributed by atoms with E-state index in [1.807, 2.05) is 0 Å². The number of aromatic nitrogens is 1. The molecule has 0 saturated carbocycles. The van der Waals surface area contributed by atoms with Gasteiger partial charge in [0, 0.05) is 21.7 Å². The molecule has 0 bridgehead atoms. The summed E-state index contributed by atoms with van der Waals surface area (Å²) in [5.41, 5.74) is 5.69. The first-order valence-electron chi connectivity index (χ1n) is 15.2. The van der Waals surface area contributed by atoms with Gasteiger partial charge in [-0.2, -0.15) is 0 Å². The molecule has 1 aromatic heterocycles. The Labute approximate surface area is 254 Å². The second-order valence-electron chi connectivity index (χ2n) is 11.9. The summed E-state index contributed by atoms with van der Waals surface area (Å²) in [6.45, 7) is 0. The molecule has 0 saturated heterocycles. The summed E-state index contributed by atoms with van der Waals surface area (Å²) >= 11 is 0. The average molecular weight is 556 g/mol. The van der Waals surface area contributed by atoms with Crippen molar-refractivity contribution in [2.24, 2.45) is 0 Å². The number of benzene rings is 9. The van der Waals surface area contributed by atoms with Crippen LogP contribution in [0, 0.1) is 0 Å². The van der Waals surface area contributed by atoms with E-state index in [9.17, 15) is 0 Å². The minimum Gasteiger partial charge on any atom is -0.247 e. The fourth-order valence-corrected chi connectivity index (χ4v) is 7.63. The van der Waals surface area contributed by atoms with Crippen LogP contribution in [0.5, 0.6) is 0 Å². The van der Waals surface area contributed by atoms with E-state index in [0.29, 0.717) is 0 Å². The van der Waals surface area contributed by atoms with Crippen molar-refractivity contribution in [1.82, 2.24) is 4.98 Å². The fourth-order valence-electron chi connectivity index (χ4n) is 7.63. The molecule has 0 aliphatic rings. The van der Waals surface area contributed by atoms with Crippen molar-refractivity contribution in [3.8, 4) is 22.4 Å². The summed E-state index contributed by atoms with van der Waals surface area (Å²) in [5.74, 6) is 0. The van der Waals surface area contributed by atoms with Crippen molar-refractivity contribution >= 4 is 75.5 Å². The van der Waals surface area contributed by atoms with Crippen molar-refractivity contribution in [3.05, 3.63) is 152 Å². The smallest absolute Gasteiger partial charge is 0.0794 e. The van der Waals surface area contributed by atoms with Gasteiger partial charge in [0.2, 0.25) is 0 Å². The van der Waals surface area contributed by atoms with Crippen LogP contribution in [0.4, 0.5) is 0 Å². The summed E-state index contributed by atoms with van der Waals surface area (Å²) in [7, 11) is 0. The van der Waals surface area contributed by atoms with Gasteiger partial charge in [0.1, 0.15) is 0 Å². The Balaban J connectivity index is 1.36. The number of pyridine rings is 1. The van der Waals surface area contributed by atoms with Gasteiger partial charge >= 0.3 is 0 Å². The Morgan fingerprint density at radius 1 is 0.318 bits per heavy atom. The topological polar surface area (TPSA) is 12.9 Å². The van der Waals surface area contributed by atoms with Crippen LogP contribution in [-0.4, -0.2) is 4.98 Å². The first kappa shape index (κ1) is 23.7. The van der Waals surface area contributed by atoms with Crippen molar-refractivity contribution in [2.75, 3.05) is 0 Å². The predicted molar refractivity (Wildman–Crippen MR) is 189 cm³/mol. The SMILES string of the molecule is c1ccc(-c2nc3ccccc3c3c4ccccc4c4cc(-c5ccc6ccc7cccc8ccc5c6c78)ccc4c23)cc1. The third-order valence-electron chi connectivity index (χ3n) is 9.55. The summed E-state index contributed by atoms with van der Waals surface area (Å²) < 4.78 is 0.